The van der Waals surface area contributed by atoms with E-state index in [-0.39, 0.29) is 11.9 Å². The van der Waals surface area contributed by atoms with Gasteiger partial charge in [-0.1, -0.05) is 48.5 Å². The lowest BCUT2D eigenvalue weighted by atomic mass is 10.0. The second kappa shape index (κ2) is 6.16. The fourth-order valence-corrected chi connectivity index (χ4v) is 1.90. The molecule has 19 heavy (non-hydrogen) atoms. The van der Waals surface area contributed by atoms with Crippen LogP contribution in [-0.4, -0.2) is 17.1 Å². The summed E-state index contributed by atoms with van der Waals surface area (Å²) in [6.45, 7) is 1.79. The van der Waals surface area contributed by atoms with Gasteiger partial charge in [-0.2, -0.15) is 0 Å². The van der Waals surface area contributed by atoms with Crippen LogP contribution >= 0.6 is 0 Å². The van der Waals surface area contributed by atoms with Gasteiger partial charge in [-0.05, 0) is 24.6 Å². The van der Waals surface area contributed by atoms with Gasteiger partial charge in [-0.15, -0.1) is 0 Å². The van der Waals surface area contributed by atoms with Crippen molar-refractivity contribution in [3.05, 3.63) is 71.8 Å². The van der Waals surface area contributed by atoms with E-state index >= 15 is 0 Å². The Morgan fingerprint density at radius 3 is 2.11 bits per heavy atom. The molecule has 98 valence electrons. The molecule has 0 aliphatic carbocycles. The third kappa shape index (κ3) is 3.42. The standard InChI is InChI=1S/C16H17NO2/c1-12(15(18)13-8-4-2-5-9-13)17-16(19)14-10-6-3-7-11-14/h2-12,15,18H,1H3,(H,17,19)/t12?,15-/m1/s1. The summed E-state index contributed by atoms with van der Waals surface area (Å²) in [5.41, 5.74) is 1.39. The SMILES string of the molecule is CC(NC(=O)c1ccccc1)[C@@H](O)c1ccccc1. The average molecular weight is 255 g/mol. The minimum atomic E-state index is -0.714. The normalized spacial score (nSPS) is 13.6. The van der Waals surface area contributed by atoms with E-state index in [0.717, 1.165) is 5.56 Å². The molecule has 0 aliphatic rings. The zero-order valence-corrected chi connectivity index (χ0v) is 10.8. The van der Waals surface area contributed by atoms with Crippen LogP contribution in [0.4, 0.5) is 0 Å². The Morgan fingerprint density at radius 2 is 1.53 bits per heavy atom. The van der Waals surface area contributed by atoms with Crippen molar-refractivity contribution in [1.82, 2.24) is 5.32 Å². The lowest BCUT2D eigenvalue weighted by Crippen LogP contribution is -2.37. The van der Waals surface area contributed by atoms with Gasteiger partial charge >= 0.3 is 0 Å². The Labute approximate surface area is 112 Å². The van der Waals surface area contributed by atoms with Crippen LogP contribution in [0.2, 0.25) is 0 Å². The molecule has 0 heterocycles. The maximum Gasteiger partial charge on any atom is 0.251 e. The third-order valence-electron chi connectivity index (χ3n) is 3.01. The second-order valence-electron chi connectivity index (χ2n) is 4.48. The van der Waals surface area contributed by atoms with Crippen molar-refractivity contribution >= 4 is 5.91 Å². The monoisotopic (exact) mass is 255 g/mol. The molecule has 0 spiro atoms. The summed E-state index contributed by atoms with van der Waals surface area (Å²) in [5, 5.41) is 13.0. The molecule has 3 heteroatoms. The molecule has 0 aliphatic heterocycles. The first kappa shape index (κ1) is 13.3. The van der Waals surface area contributed by atoms with E-state index < -0.39 is 6.10 Å². The largest absolute Gasteiger partial charge is 0.386 e. The van der Waals surface area contributed by atoms with Gasteiger partial charge in [0.05, 0.1) is 12.1 Å². The molecule has 1 unspecified atom stereocenters. The molecule has 2 N–H and O–H groups in total. The fourth-order valence-electron chi connectivity index (χ4n) is 1.90. The van der Waals surface area contributed by atoms with Crippen molar-refractivity contribution in [2.24, 2.45) is 0 Å². The number of aliphatic hydroxyl groups is 1. The first-order chi connectivity index (χ1) is 9.18. The lowest BCUT2D eigenvalue weighted by Gasteiger charge is -2.20. The molecule has 2 aromatic carbocycles. The van der Waals surface area contributed by atoms with Crippen LogP contribution in [0, 0.1) is 0 Å². The molecule has 3 nitrogen and oxygen atoms in total. The highest BCUT2D eigenvalue weighted by molar-refractivity contribution is 5.94. The van der Waals surface area contributed by atoms with Crippen LogP contribution in [0.1, 0.15) is 28.9 Å². The number of carbonyl (C=O) groups excluding carboxylic acids is 1. The Morgan fingerprint density at radius 1 is 1.00 bits per heavy atom. The first-order valence-corrected chi connectivity index (χ1v) is 6.27. The number of carbonyl (C=O) groups is 1. The topological polar surface area (TPSA) is 49.3 Å². The average Bonchev–Trinajstić information content (AvgIpc) is 2.48. The highest BCUT2D eigenvalue weighted by Gasteiger charge is 2.18. The van der Waals surface area contributed by atoms with Gasteiger partial charge in [0.1, 0.15) is 0 Å². The predicted molar refractivity (Wildman–Crippen MR) is 74.8 cm³/mol. The fraction of sp³-hybridized carbons (Fsp3) is 0.188. The summed E-state index contributed by atoms with van der Waals surface area (Å²) in [4.78, 5) is 12.0. The second-order valence-corrected chi connectivity index (χ2v) is 4.48. The number of benzene rings is 2. The van der Waals surface area contributed by atoms with Crippen LogP contribution in [0.15, 0.2) is 60.7 Å². The van der Waals surface area contributed by atoms with E-state index in [4.69, 9.17) is 0 Å². The Balaban J connectivity index is 2.02. The summed E-state index contributed by atoms with van der Waals surface area (Å²) >= 11 is 0. The number of rotatable bonds is 4. The van der Waals surface area contributed by atoms with Crippen molar-refractivity contribution in [1.29, 1.82) is 0 Å². The van der Waals surface area contributed by atoms with Crippen molar-refractivity contribution in [3.63, 3.8) is 0 Å². The zero-order chi connectivity index (χ0) is 13.7. The third-order valence-corrected chi connectivity index (χ3v) is 3.01. The number of amides is 1. The summed E-state index contributed by atoms with van der Waals surface area (Å²) in [5.74, 6) is -0.178. The highest BCUT2D eigenvalue weighted by atomic mass is 16.3. The van der Waals surface area contributed by atoms with E-state index in [2.05, 4.69) is 5.32 Å². The van der Waals surface area contributed by atoms with Crippen LogP contribution in [-0.2, 0) is 0 Å². The Bertz CT molecular complexity index is 525. The van der Waals surface area contributed by atoms with Gasteiger partial charge in [0, 0.05) is 5.56 Å². The van der Waals surface area contributed by atoms with E-state index in [9.17, 15) is 9.90 Å². The minimum absolute atomic E-state index is 0.178. The number of hydrogen-bond acceptors (Lipinski definition) is 2. The molecule has 0 aromatic heterocycles. The minimum Gasteiger partial charge on any atom is -0.386 e. The molecule has 0 radical (unpaired) electrons. The molecule has 2 atom stereocenters. The Kier molecular flexibility index (Phi) is 4.31. The smallest absolute Gasteiger partial charge is 0.251 e. The molecular weight excluding hydrogens is 238 g/mol. The first-order valence-electron chi connectivity index (χ1n) is 6.27. The van der Waals surface area contributed by atoms with Gasteiger partial charge in [0.15, 0.2) is 0 Å². The van der Waals surface area contributed by atoms with Crippen molar-refractivity contribution in [3.8, 4) is 0 Å². The van der Waals surface area contributed by atoms with E-state index in [1.165, 1.54) is 0 Å². The highest BCUT2D eigenvalue weighted by Crippen LogP contribution is 2.16. The van der Waals surface area contributed by atoms with Crippen molar-refractivity contribution in [2.45, 2.75) is 19.1 Å². The van der Waals surface area contributed by atoms with E-state index in [0.29, 0.717) is 5.56 Å². The lowest BCUT2D eigenvalue weighted by molar-refractivity contribution is 0.0852. The molecule has 0 fully saturated rings. The summed E-state index contributed by atoms with van der Waals surface area (Å²) in [6.07, 6.45) is -0.714. The number of nitrogens with one attached hydrogen (secondary N) is 1. The van der Waals surface area contributed by atoms with E-state index in [1.54, 1.807) is 19.1 Å². The van der Waals surface area contributed by atoms with Crippen molar-refractivity contribution in [2.75, 3.05) is 0 Å². The molecular formula is C16H17NO2. The quantitative estimate of drug-likeness (QED) is 0.882. The van der Waals surface area contributed by atoms with Crippen LogP contribution < -0.4 is 5.32 Å². The maximum atomic E-state index is 12.0. The van der Waals surface area contributed by atoms with E-state index in [1.807, 2.05) is 48.5 Å². The van der Waals surface area contributed by atoms with Gasteiger partial charge in [0.2, 0.25) is 0 Å². The van der Waals surface area contributed by atoms with Crippen LogP contribution in [0.3, 0.4) is 0 Å². The molecule has 2 rings (SSSR count). The molecule has 0 bridgehead atoms. The molecule has 1 amide bonds. The van der Waals surface area contributed by atoms with Gasteiger partial charge in [0.25, 0.3) is 5.91 Å². The number of aliphatic hydroxyl groups excluding tert-OH is 1. The van der Waals surface area contributed by atoms with Crippen molar-refractivity contribution < 1.29 is 9.90 Å². The molecule has 2 aromatic rings. The van der Waals surface area contributed by atoms with Crippen LogP contribution in [0.5, 0.6) is 0 Å². The molecule has 0 saturated carbocycles. The zero-order valence-electron chi connectivity index (χ0n) is 10.8. The summed E-state index contributed by atoms with van der Waals surface area (Å²) in [7, 11) is 0. The number of hydrogen-bond donors (Lipinski definition) is 2. The van der Waals surface area contributed by atoms with Crippen LogP contribution in [0.25, 0.3) is 0 Å². The summed E-state index contributed by atoms with van der Waals surface area (Å²) in [6, 6.07) is 17.9. The van der Waals surface area contributed by atoms with Gasteiger partial charge in [-0.3, -0.25) is 4.79 Å². The van der Waals surface area contributed by atoms with Gasteiger partial charge < -0.3 is 10.4 Å². The van der Waals surface area contributed by atoms with Gasteiger partial charge in [-0.25, -0.2) is 0 Å². The maximum absolute atomic E-state index is 12.0. The molecule has 0 saturated heterocycles. The summed E-state index contributed by atoms with van der Waals surface area (Å²) < 4.78 is 0. The Hall–Kier alpha value is -2.13. The predicted octanol–water partition coefficient (Wildman–Crippen LogP) is 2.54.